The number of nitrogens with one attached hydrogen (secondary N) is 1. The lowest BCUT2D eigenvalue weighted by Crippen LogP contribution is -2.21. The molecule has 1 N–H and O–H groups in total. The minimum Gasteiger partial charge on any atom is -0.310 e. The lowest BCUT2D eigenvalue weighted by molar-refractivity contribution is -0.107. The fraction of sp³-hybridized carbons (Fsp3) is 0.900. The summed E-state index contributed by atoms with van der Waals surface area (Å²) in [5.74, 6) is 0.929. The van der Waals surface area contributed by atoms with E-state index in [9.17, 15) is 4.79 Å². The lowest BCUT2D eigenvalue weighted by Gasteiger charge is -2.21. The third-order valence-electron chi connectivity index (χ3n) is 2.68. The molecule has 0 spiro atoms. The van der Waals surface area contributed by atoms with Crippen molar-refractivity contribution in [2.45, 2.75) is 38.5 Å². The number of carbonyl (C=O) groups is 1. The van der Waals surface area contributed by atoms with Crippen molar-refractivity contribution in [3.63, 3.8) is 0 Å². The van der Waals surface area contributed by atoms with Gasteiger partial charge in [0.15, 0.2) is 0 Å². The zero-order valence-electron chi connectivity index (χ0n) is 7.72. The predicted molar refractivity (Wildman–Crippen MR) is 50.1 cm³/mol. The molecule has 1 aliphatic carbocycles. The fourth-order valence-electron chi connectivity index (χ4n) is 1.94. The minimum atomic E-state index is 0.521. The minimum absolute atomic E-state index is 0.521. The van der Waals surface area contributed by atoms with E-state index < -0.39 is 0 Å². The second-order valence-electron chi connectivity index (χ2n) is 3.66. The highest BCUT2D eigenvalue weighted by molar-refractivity contribution is 5.51. The van der Waals surface area contributed by atoms with Crippen LogP contribution in [-0.4, -0.2) is 19.4 Å². The van der Waals surface area contributed by atoms with E-state index >= 15 is 0 Å². The molecule has 0 unspecified atom stereocenters. The zero-order chi connectivity index (χ0) is 8.65. The van der Waals surface area contributed by atoms with E-state index in [0.717, 1.165) is 18.7 Å². The molecule has 0 bridgehead atoms. The van der Waals surface area contributed by atoms with Crippen LogP contribution in [0, 0.1) is 5.92 Å². The molecule has 2 nitrogen and oxygen atoms in total. The van der Waals surface area contributed by atoms with Crippen molar-refractivity contribution in [3.8, 4) is 0 Å². The van der Waals surface area contributed by atoms with Crippen molar-refractivity contribution in [1.29, 1.82) is 0 Å². The van der Waals surface area contributed by atoms with Crippen LogP contribution in [0.5, 0.6) is 0 Å². The Morgan fingerprint density at radius 3 is 2.67 bits per heavy atom. The van der Waals surface area contributed by atoms with Gasteiger partial charge in [0, 0.05) is 0 Å². The lowest BCUT2D eigenvalue weighted by atomic mass is 9.87. The van der Waals surface area contributed by atoms with Crippen LogP contribution >= 0.6 is 0 Å². The van der Waals surface area contributed by atoms with E-state index in [4.69, 9.17) is 0 Å². The summed E-state index contributed by atoms with van der Waals surface area (Å²) < 4.78 is 0. The van der Waals surface area contributed by atoms with Crippen LogP contribution in [-0.2, 0) is 4.79 Å². The Hall–Kier alpha value is -0.370. The molecule has 0 aromatic heterocycles. The summed E-state index contributed by atoms with van der Waals surface area (Å²) in [6, 6.07) is 0. The van der Waals surface area contributed by atoms with Gasteiger partial charge in [-0.25, -0.2) is 0 Å². The molecule has 0 atom stereocenters. The molecule has 1 aliphatic rings. The average molecular weight is 169 g/mol. The number of rotatable bonds is 5. The zero-order valence-corrected chi connectivity index (χ0v) is 7.72. The fourth-order valence-corrected chi connectivity index (χ4v) is 1.94. The van der Waals surface area contributed by atoms with Crippen LogP contribution in [0.15, 0.2) is 0 Å². The van der Waals surface area contributed by atoms with Gasteiger partial charge in [0.2, 0.25) is 0 Å². The van der Waals surface area contributed by atoms with Crippen LogP contribution in [0.4, 0.5) is 0 Å². The number of hydrogen-bond acceptors (Lipinski definition) is 2. The summed E-state index contributed by atoms with van der Waals surface area (Å²) in [4.78, 5) is 9.99. The average Bonchev–Trinajstić information content (AvgIpc) is 2.14. The first-order valence-electron chi connectivity index (χ1n) is 5.08. The molecule has 0 amide bonds. The van der Waals surface area contributed by atoms with Crippen molar-refractivity contribution < 1.29 is 4.79 Å². The molecule has 0 radical (unpaired) electrons. The predicted octanol–water partition coefficient (Wildman–Crippen LogP) is 1.75. The van der Waals surface area contributed by atoms with Crippen molar-refractivity contribution in [2.75, 3.05) is 13.1 Å². The van der Waals surface area contributed by atoms with Gasteiger partial charge in [0.05, 0.1) is 6.54 Å². The number of hydrogen-bond donors (Lipinski definition) is 1. The van der Waals surface area contributed by atoms with E-state index in [1.165, 1.54) is 38.5 Å². The quantitative estimate of drug-likeness (QED) is 0.502. The van der Waals surface area contributed by atoms with Crippen LogP contribution in [0.1, 0.15) is 38.5 Å². The maximum Gasteiger partial charge on any atom is 0.133 e. The summed E-state index contributed by atoms with van der Waals surface area (Å²) in [5, 5.41) is 3.11. The first kappa shape index (κ1) is 9.72. The molecule has 1 rings (SSSR count). The third-order valence-corrected chi connectivity index (χ3v) is 2.68. The number of carbonyl (C=O) groups excluding carboxylic acids is 1. The molecule has 0 saturated heterocycles. The van der Waals surface area contributed by atoms with E-state index in [-0.39, 0.29) is 0 Å². The monoisotopic (exact) mass is 169 g/mol. The Morgan fingerprint density at radius 2 is 2.00 bits per heavy atom. The molecule has 12 heavy (non-hydrogen) atoms. The van der Waals surface area contributed by atoms with Gasteiger partial charge in [-0.1, -0.05) is 32.1 Å². The van der Waals surface area contributed by atoms with Gasteiger partial charge in [0.25, 0.3) is 0 Å². The molecular weight excluding hydrogens is 150 g/mol. The molecular formula is C10H19NO. The topological polar surface area (TPSA) is 29.1 Å². The van der Waals surface area contributed by atoms with Gasteiger partial charge >= 0.3 is 0 Å². The molecule has 1 saturated carbocycles. The van der Waals surface area contributed by atoms with Gasteiger partial charge in [-0.3, -0.25) is 0 Å². The molecule has 0 aromatic carbocycles. The smallest absolute Gasteiger partial charge is 0.133 e. The highest BCUT2D eigenvalue weighted by Crippen LogP contribution is 2.25. The van der Waals surface area contributed by atoms with Crippen molar-refractivity contribution in [2.24, 2.45) is 5.92 Å². The van der Waals surface area contributed by atoms with E-state index in [1.54, 1.807) is 0 Å². The normalized spacial score (nSPS) is 19.3. The molecule has 0 heterocycles. The number of aldehydes is 1. The van der Waals surface area contributed by atoms with E-state index in [0.29, 0.717) is 6.54 Å². The van der Waals surface area contributed by atoms with Gasteiger partial charge in [-0.15, -0.1) is 0 Å². The third kappa shape index (κ3) is 3.86. The SMILES string of the molecule is O=CCNCCC1CCCCC1. The standard InChI is InChI=1S/C10H19NO/c12-9-8-11-7-6-10-4-2-1-3-5-10/h9-11H,1-8H2. The van der Waals surface area contributed by atoms with Gasteiger partial charge in [-0.2, -0.15) is 0 Å². The highest BCUT2D eigenvalue weighted by atomic mass is 16.1. The Bertz CT molecular complexity index is 119. The van der Waals surface area contributed by atoms with Gasteiger partial charge < -0.3 is 10.1 Å². The van der Waals surface area contributed by atoms with Gasteiger partial charge in [0.1, 0.15) is 6.29 Å². The summed E-state index contributed by atoms with van der Waals surface area (Å²) in [6.45, 7) is 1.54. The second-order valence-corrected chi connectivity index (χ2v) is 3.66. The van der Waals surface area contributed by atoms with E-state index in [2.05, 4.69) is 5.32 Å². The van der Waals surface area contributed by atoms with E-state index in [1.807, 2.05) is 0 Å². The van der Waals surface area contributed by atoms with Crippen LogP contribution < -0.4 is 5.32 Å². The maximum absolute atomic E-state index is 9.99. The highest BCUT2D eigenvalue weighted by Gasteiger charge is 2.11. The van der Waals surface area contributed by atoms with Crippen molar-refractivity contribution >= 4 is 6.29 Å². The Morgan fingerprint density at radius 1 is 1.25 bits per heavy atom. The molecule has 70 valence electrons. The van der Waals surface area contributed by atoms with Crippen LogP contribution in [0.25, 0.3) is 0 Å². The maximum atomic E-state index is 9.99. The summed E-state index contributed by atoms with van der Waals surface area (Å²) in [7, 11) is 0. The van der Waals surface area contributed by atoms with Crippen LogP contribution in [0.2, 0.25) is 0 Å². The summed E-state index contributed by atoms with van der Waals surface area (Å²) in [6.07, 6.45) is 9.26. The molecule has 0 aromatic rings. The van der Waals surface area contributed by atoms with Gasteiger partial charge in [-0.05, 0) is 18.9 Å². The second kappa shape index (κ2) is 6.18. The molecule has 1 fully saturated rings. The van der Waals surface area contributed by atoms with Crippen LogP contribution in [0.3, 0.4) is 0 Å². The molecule has 0 aliphatic heterocycles. The molecule has 2 heteroatoms. The first-order valence-corrected chi connectivity index (χ1v) is 5.08. The Balaban J connectivity index is 1.94. The van der Waals surface area contributed by atoms with Crippen molar-refractivity contribution in [3.05, 3.63) is 0 Å². The summed E-state index contributed by atoms with van der Waals surface area (Å²) in [5.41, 5.74) is 0. The first-order chi connectivity index (χ1) is 5.93. The Labute approximate surface area is 74.7 Å². The Kier molecular flexibility index (Phi) is 5.00. The largest absolute Gasteiger partial charge is 0.310 e. The van der Waals surface area contributed by atoms with Crippen molar-refractivity contribution in [1.82, 2.24) is 5.32 Å². The summed E-state index contributed by atoms with van der Waals surface area (Å²) >= 11 is 0.